The lowest BCUT2D eigenvalue weighted by molar-refractivity contribution is -0.121. The topological polar surface area (TPSA) is 60.1 Å². The Bertz CT molecular complexity index is 877. The Morgan fingerprint density at radius 2 is 2.15 bits per heavy atom. The summed E-state index contributed by atoms with van der Waals surface area (Å²) in [6, 6.07) is 7.89. The molecule has 1 atom stereocenters. The lowest BCUT2D eigenvalue weighted by Gasteiger charge is -2.15. The first-order valence-corrected chi connectivity index (χ1v) is 9.83. The fourth-order valence-corrected chi connectivity index (χ4v) is 4.02. The highest BCUT2D eigenvalue weighted by atomic mass is 32.1. The molecule has 0 bridgehead atoms. The number of carbonyl (C=O) groups is 1. The summed E-state index contributed by atoms with van der Waals surface area (Å²) in [7, 11) is 0. The second-order valence-corrected chi connectivity index (χ2v) is 7.38. The van der Waals surface area contributed by atoms with Gasteiger partial charge in [-0.25, -0.2) is 0 Å². The van der Waals surface area contributed by atoms with Gasteiger partial charge in [-0.15, -0.1) is 11.3 Å². The molecule has 3 aromatic rings. The third-order valence-electron chi connectivity index (χ3n) is 4.57. The first-order valence-electron chi connectivity index (χ1n) is 8.95. The second kappa shape index (κ2) is 7.91. The summed E-state index contributed by atoms with van der Waals surface area (Å²) in [6.45, 7) is 8.96. The van der Waals surface area contributed by atoms with Gasteiger partial charge >= 0.3 is 0 Å². The van der Waals surface area contributed by atoms with Crippen LogP contribution in [0.5, 0.6) is 0 Å². The van der Waals surface area contributed by atoms with Crippen molar-refractivity contribution in [1.82, 2.24) is 15.1 Å². The van der Waals surface area contributed by atoms with Gasteiger partial charge in [-0.3, -0.25) is 9.48 Å². The molecule has 0 aromatic carbocycles. The van der Waals surface area contributed by atoms with Crippen LogP contribution in [0.25, 0.3) is 10.6 Å². The van der Waals surface area contributed by atoms with Crippen molar-refractivity contribution in [3.8, 4) is 10.6 Å². The van der Waals surface area contributed by atoms with Crippen LogP contribution in [0.2, 0.25) is 0 Å². The highest BCUT2D eigenvalue weighted by molar-refractivity contribution is 7.13. The fourth-order valence-electron chi connectivity index (χ4n) is 3.33. The number of amides is 1. The Labute approximate surface area is 158 Å². The normalized spacial score (nSPS) is 12.3. The number of carbonyl (C=O) groups excluding carboxylic acids is 1. The maximum Gasteiger partial charge on any atom is 0.220 e. The Kier molecular flexibility index (Phi) is 5.61. The molecule has 3 heterocycles. The first kappa shape index (κ1) is 18.5. The van der Waals surface area contributed by atoms with Crippen molar-refractivity contribution in [2.45, 2.75) is 53.1 Å². The van der Waals surface area contributed by atoms with Gasteiger partial charge in [-0.2, -0.15) is 5.10 Å². The van der Waals surface area contributed by atoms with Crippen LogP contribution in [0.4, 0.5) is 0 Å². The molecule has 5 nitrogen and oxygen atoms in total. The van der Waals surface area contributed by atoms with E-state index in [4.69, 9.17) is 4.42 Å². The van der Waals surface area contributed by atoms with Crippen LogP contribution in [0, 0.1) is 13.8 Å². The molecule has 1 N–H and O–H groups in total. The Hall–Kier alpha value is -2.34. The van der Waals surface area contributed by atoms with Crippen molar-refractivity contribution in [3.05, 3.63) is 52.4 Å². The third kappa shape index (κ3) is 3.90. The number of nitrogens with zero attached hydrogens (tertiary/aromatic N) is 2. The fraction of sp³-hybridized carbons (Fsp3) is 0.400. The average Bonchev–Trinajstić information content (AvgIpc) is 3.32. The number of thiophene rings is 1. The van der Waals surface area contributed by atoms with Crippen LogP contribution < -0.4 is 5.32 Å². The van der Waals surface area contributed by atoms with Crippen molar-refractivity contribution in [2.24, 2.45) is 0 Å². The van der Waals surface area contributed by atoms with E-state index in [-0.39, 0.29) is 11.9 Å². The van der Waals surface area contributed by atoms with E-state index in [0.29, 0.717) is 12.8 Å². The van der Waals surface area contributed by atoms with Crippen LogP contribution in [0.1, 0.15) is 49.0 Å². The van der Waals surface area contributed by atoms with E-state index in [1.54, 1.807) is 11.3 Å². The smallest absolute Gasteiger partial charge is 0.220 e. The minimum absolute atomic E-state index is 0.0228. The molecule has 0 unspecified atom stereocenters. The van der Waals surface area contributed by atoms with Crippen molar-refractivity contribution in [1.29, 1.82) is 0 Å². The van der Waals surface area contributed by atoms with E-state index < -0.39 is 0 Å². The average molecular weight is 372 g/mol. The van der Waals surface area contributed by atoms with E-state index in [1.807, 2.05) is 48.2 Å². The molecule has 3 aromatic heterocycles. The molecule has 0 saturated heterocycles. The van der Waals surface area contributed by atoms with Crippen LogP contribution in [0.3, 0.4) is 0 Å². The van der Waals surface area contributed by atoms with E-state index in [1.165, 1.54) is 0 Å². The van der Waals surface area contributed by atoms with Gasteiger partial charge in [0, 0.05) is 30.6 Å². The third-order valence-corrected chi connectivity index (χ3v) is 5.46. The van der Waals surface area contributed by atoms with Gasteiger partial charge in [0.05, 0.1) is 16.6 Å². The highest BCUT2D eigenvalue weighted by Crippen LogP contribution is 2.27. The number of nitrogens with one attached hydrogen (secondary N) is 1. The molecule has 0 radical (unpaired) electrons. The number of aryl methyl sites for hydroxylation is 3. The molecule has 138 valence electrons. The van der Waals surface area contributed by atoms with E-state index in [2.05, 4.69) is 24.3 Å². The van der Waals surface area contributed by atoms with E-state index in [9.17, 15) is 4.79 Å². The van der Waals surface area contributed by atoms with Crippen LogP contribution in [-0.2, 0) is 17.8 Å². The lowest BCUT2D eigenvalue weighted by atomic mass is 10.1. The molecule has 0 spiro atoms. The summed E-state index contributed by atoms with van der Waals surface area (Å²) < 4.78 is 7.82. The lowest BCUT2D eigenvalue weighted by Crippen LogP contribution is -2.27. The number of aromatic nitrogens is 2. The molecule has 1 amide bonds. The highest BCUT2D eigenvalue weighted by Gasteiger charge is 2.19. The SMILES string of the molecule is CCn1nc(C)c([C@H](C)NC(=O)CCc2ccc(-c3cccs3)o2)c1C. The van der Waals surface area contributed by atoms with Gasteiger partial charge in [0.2, 0.25) is 5.91 Å². The molecule has 0 aliphatic rings. The Morgan fingerprint density at radius 1 is 1.35 bits per heavy atom. The zero-order valence-corrected chi connectivity index (χ0v) is 16.5. The van der Waals surface area contributed by atoms with E-state index >= 15 is 0 Å². The van der Waals surface area contributed by atoms with Gasteiger partial charge in [0.15, 0.2) is 0 Å². The predicted octanol–water partition coefficient (Wildman–Crippen LogP) is 4.65. The second-order valence-electron chi connectivity index (χ2n) is 6.43. The van der Waals surface area contributed by atoms with Gasteiger partial charge in [-0.05, 0) is 51.3 Å². The molecule has 0 fully saturated rings. The largest absolute Gasteiger partial charge is 0.460 e. The summed E-state index contributed by atoms with van der Waals surface area (Å²) in [5.74, 6) is 1.72. The summed E-state index contributed by atoms with van der Waals surface area (Å²) in [5, 5.41) is 9.64. The van der Waals surface area contributed by atoms with Crippen LogP contribution >= 0.6 is 11.3 Å². The molecule has 6 heteroatoms. The van der Waals surface area contributed by atoms with Crippen LogP contribution in [0.15, 0.2) is 34.1 Å². The van der Waals surface area contributed by atoms with Crippen LogP contribution in [-0.4, -0.2) is 15.7 Å². The number of furan rings is 1. The predicted molar refractivity (Wildman–Crippen MR) is 104 cm³/mol. The number of rotatable bonds is 7. The molecular weight excluding hydrogens is 346 g/mol. The molecule has 0 aliphatic heterocycles. The minimum atomic E-state index is -0.0546. The van der Waals surface area contributed by atoms with Crippen molar-refractivity contribution >= 4 is 17.2 Å². The molecule has 0 aliphatic carbocycles. The van der Waals surface area contributed by atoms with Gasteiger partial charge < -0.3 is 9.73 Å². The van der Waals surface area contributed by atoms with Crippen molar-refractivity contribution in [2.75, 3.05) is 0 Å². The minimum Gasteiger partial charge on any atom is -0.460 e. The molecule has 0 saturated carbocycles. The van der Waals surface area contributed by atoms with Crippen molar-refractivity contribution < 1.29 is 9.21 Å². The van der Waals surface area contributed by atoms with Crippen molar-refractivity contribution in [3.63, 3.8) is 0 Å². The Balaban J connectivity index is 1.57. The summed E-state index contributed by atoms with van der Waals surface area (Å²) in [5.41, 5.74) is 3.20. The summed E-state index contributed by atoms with van der Waals surface area (Å²) in [4.78, 5) is 13.5. The molecule has 26 heavy (non-hydrogen) atoms. The summed E-state index contributed by atoms with van der Waals surface area (Å²) >= 11 is 1.65. The van der Waals surface area contributed by atoms with Gasteiger partial charge in [0.25, 0.3) is 0 Å². The first-order chi connectivity index (χ1) is 12.5. The zero-order chi connectivity index (χ0) is 18.7. The zero-order valence-electron chi connectivity index (χ0n) is 15.7. The van der Waals surface area contributed by atoms with Gasteiger partial charge in [-0.1, -0.05) is 6.07 Å². The number of hydrogen-bond acceptors (Lipinski definition) is 4. The number of hydrogen-bond donors (Lipinski definition) is 1. The molecule has 3 rings (SSSR count). The summed E-state index contributed by atoms with van der Waals surface area (Å²) in [6.07, 6.45) is 0.998. The van der Waals surface area contributed by atoms with Gasteiger partial charge in [0.1, 0.15) is 11.5 Å². The maximum atomic E-state index is 12.4. The van der Waals surface area contributed by atoms with E-state index in [0.717, 1.165) is 39.9 Å². The Morgan fingerprint density at radius 3 is 2.81 bits per heavy atom. The monoisotopic (exact) mass is 371 g/mol. The molecular formula is C20H25N3O2S. The standard InChI is InChI=1S/C20H25N3O2S/c1-5-23-15(4)20(14(3)22-23)13(2)21-19(24)11-9-16-8-10-17(25-16)18-7-6-12-26-18/h6-8,10,12-13H,5,9,11H2,1-4H3,(H,21,24)/t13-/m0/s1. The quantitative estimate of drug-likeness (QED) is 0.657. The maximum absolute atomic E-state index is 12.4.